The molecule has 110 valence electrons. The van der Waals surface area contributed by atoms with Crippen molar-refractivity contribution in [1.82, 2.24) is 20.2 Å². The fraction of sp³-hybridized carbons (Fsp3) is 0.133. The maximum absolute atomic E-state index is 5.37. The molecule has 0 unspecified atom stereocenters. The van der Waals surface area contributed by atoms with Gasteiger partial charge in [-0.3, -0.25) is 4.98 Å². The summed E-state index contributed by atoms with van der Waals surface area (Å²) < 4.78 is 10.7. The highest BCUT2D eigenvalue weighted by atomic mass is 32.2. The van der Waals surface area contributed by atoms with Crippen LogP contribution in [-0.2, 0) is 5.75 Å². The molecule has 0 radical (unpaired) electrons. The summed E-state index contributed by atoms with van der Waals surface area (Å²) in [5, 5.41) is 9.10. The number of benzene rings is 1. The van der Waals surface area contributed by atoms with Gasteiger partial charge in [-0.15, -0.1) is 10.2 Å². The van der Waals surface area contributed by atoms with Crippen LogP contribution in [-0.4, -0.2) is 27.0 Å². The third-order valence-electron chi connectivity index (χ3n) is 3.20. The number of rotatable bonds is 4. The lowest BCUT2D eigenvalue weighted by Gasteiger charge is -1.99. The van der Waals surface area contributed by atoms with E-state index in [4.69, 9.17) is 9.47 Å². The SMILES string of the molecule is c1ccc(CSc2nnc(-c3ccc4c(c3)OCO4)[nH]2)nc1. The summed E-state index contributed by atoms with van der Waals surface area (Å²) in [6, 6.07) is 11.6. The highest BCUT2D eigenvalue weighted by Gasteiger charge is 2.15. The average Bonchev–Trinajstić information content (AvgIpc) is 3.22. The second-order valence-electron chi connectivity index (χ2n) is 4.66. The van der Waals surface area contributed by atoms with E-state index in [1.165, 1.54) is 0 Å². The lowest BCUT2D eigenvalue weighted by Crippen LogP contribution is -1.92. The molecule has 0 saturated carbocycles. The van der Waals surface area contributed by atoms with Crippen LogP contribution < -0.4 is 9.47 Å². The van der Waals surface area contributed by atoms with Gasteiger partial charge in [0.2, 0.25) is 6.79 Å². The Hall–Kier alpha value is -2.54. The minimum Gasteiger partial charge on any atom is -0.454 e. The van der Waals surface area contributed by atoms with E-state index in [0.29, 0.717) is 5.82 Å². The number of nitrogens with one attached hydrogen (secondary N) is 1. The van der Waals surface area contributed by atoms with E-state index >= 15 is 0 Å². The maximum Gasteiger partial charge on any atom is 0.231 e. The van der Waals surface area contributed by atoms with Crippen molar-refractivity contribution in [3.63, 3.8) is 0 Å². The molecule has 3 aromatic rings. The van der Waals surface area contributed by atoms with Gasteiger partial charge in [-0.2, -0.15) is 0 Å². The van der Waals surface area contributed by atoms with Gasteiger partial charge in [0.25, 0.3) is 0 Å². The zero-order chi connectivity index (χ0) is 14.8. The highest BCUT2D eigenvalue weighted by molar-refractivity contribution is 7.98. The monoisotopic (exact) mass is 312 g/mol. The Morgan fingerprint density at radius 3 is 2.95 bits per heavy atom. The molecule has 3 heterocycles. The minimum atomic E-state index is 0.264. The number of pyridine rings is 1. The summed E-state index contributed by atoms with van der Waals surface area (Å²) in [6.45, 7) is 0.264. The van der Waals surface area contributed by atoms with Crippen LogP contribution in [0.3, 0.4) is 0 Å². The van der Waals surface area contributed by atoms with Crippen LogP contribution in [0.25, 0.3) is 11.4 Å². The second-order valence-corrected chi connectivity index (χ2v) is 5.62. The first kappa shape index (κ1) is 13.1. The first-order valence-electron chi connectivity index (χ1n) is 6.74. The van der Waals surface area contributed by atoms with Gasteiger partial charge in [-0.25, -0.2) is 0 Å². The number of ether oxygens (including phenoxy) is 2. The number of aromatic amines is 1. The van der Waals surface area contributed by atoms with E-state index in [-0.39, 0.29) is 6.79 Å². The first-order valence-corrected chi connectivity index (χ1v) is 7.72. The van der Waals surface area contributed by atoms with Gasteiger partial charge in [0, 0.05) is 17.5 Å². The molecule has 4 rings (SSSR count). The largest absolute Gasteiger partial charge is 0.454 e. The van der Waals surface area contributed by atoms with Crippen molar-refractivity contribution in [2.75, 3.05) is 6.79 Å². The van der Waals surface area contributed by atoms with Gasteiger partial charge in [0.05, 0.1) is 5.69 Å². The van der Waals surface area contributed by atoms with Crippen LogP contribution in [0, 0.1) is 0 Å². The third-order valence-corrected chi connectivity index (χ3v) is 4.09. The zero-order valence-electron chi connectivity index (χ0n) is 11.5. The Morgan fingerprint density at radius 1 is 1.09 bits per heavy atom. The molecule has 0 fully saturated rings. The van der Waals surface area contributed by atoms with Crippen LogP contribution in [0.2, 0.25) is 0 Å². The first-order chi connectivity index (χ1) is 10.9. The highest BCUT2D eigenvalue weighted by Crippen LogP contribution is 2.35. The normalized spacial score (nSPS) is 12.5. The van der Waals surface area contributed by atoms with Crippen LogP contribution in [0.4, 0.5) is 0 Å². The number of aromatic nitrogens is 4. The standard InChI is InChI=1S/C15H12N4O2S/c1-2-6-16-11(3-1)8-22-15-17-14(18-19-15)10-4-5-12-13(7-10)21-9-20-12/h1-7H,8-9H2,(H,17,18,19). The van der Waals surface area contributed by atoms with E-state index in [1.807, 2.05) is 36.4 Å². The topological polar surface area (TPSA) is 72.9 Å². The van der Waals surface area contributed by atoms with Crippen LogP contribution in [0.5, 0.6) is 11.5 Å². The molecule has 1 aliphatic rings. The van der Waals surface area contributed by atoms with E-state index in [9.17, 15) is 0 Å². The number of hydrogen-bond acceptors (Lipinski definition) is 6. The smallest absolute Gasteiger partial charge is 0.231 e. The van der Waals surface area contributed by atoms with Crippen molar-refractivity contribution < 1.29 is 9.47 Å². The quantitative estimate of drug-likeness (QED) is 0.747. The Labute approximate surface area is 130 Å². The molecule has 1 aliphatic heterocycles. The summed E-state index contributed by atoms with van der Waals surface area (Å²) in [4.78, 5) is 7.49. The molecule has 0 spiro atoms. The predicted molar refractivity (Wildman–Crippen MR) is 81.7 cm³/mol. The van der Waals surface area contributed by atoms with E-state index in [1.54, 1.807) is 18.0 Å². The lowest BCUT2D eigenvalue weighted by atomic mass is 10.2. The molecule has 0 saturated heterocycles. The van der Waals surface area contributed by atoms with Gasteiger partial charge < -0.3 is 14.5 Å². The summed E-state index contributed by atoms with van der Waals surface area (Å²) in [6.07, 6.45) is 1.79. The average molecular weight is 312 g/mol. The molecular formula is C15H12N4O2S. The molecule has 1 N–H and O–H groups in total. The van der Waals surface area contributed by atoms with Gasteiger partial charge in [-0.05, 0) is 30.3 Å². The predicted octanol–water partition coefficient (Wildman–Crippen LogP) is 2.89. The van der Waals surface area contributed by atoms with Crippen molar-refractivity contribution in [3.8, 4) is 22.9 Å². The fourth-order valence-electron chi connectivity index (χ4n) is 2.11. The Kier molecular flexibility index (Phi) is 3.40. The molecule has 6 nitrogen and oxygen atoms in total. The number of thioether (sulfide) groups is 1. The molecule has 1 aromatic carbocycles. The molecule has 0 amide bonds. The Morgan fingerprint density at radius 2 is 2.05 bits per heavy atom. The maximum atomic E-state index is 5.37. The van der Waals surface area contributed by atoms with Gasteiger partial charge >= 0.3 is 0 Å². The van der Waals surface area contributed by atoms with E-state index < -0.39 is 0 Å². The van der Waals surface area contributed by atoms with Crippen molar-refractivity contribution in [2.24, 2.45) is 0 Å². The molecule has 22 heavy (non-hydrogen) atoms. The number of H-pyrrole nitrogens is 1. The number of hydrogen-bond donors (Lipinski definition) is 1. The summed E-state index contributed by atoms with van der Waals surface area (Å²) in [5.74, 6) is 2.95. The van der Waals surface area contributed by atoms with Crippen molar-refractivity contribution in [1.29, 1.82) is 0 Å². The molecule has 7 heteroatoms. The summed E-state index contributed by atoms with van der Waals surface area (Å²) in [5.41, 5.74) is 1.93. The lowest BCUT2D eigenvalue weighted by molar-refractivity contribution is 0.174. The van der Waals surface area contributed by atoms with Crippen molar-refractivity contribution in [3.05, 3.63) is 48.3 Å². The van der Waals surface area contributed by atoms with Gasteiger partial charge in [0.15, 0.2) is 22.5 Å². The third kappa shape index (κ3) is 2.62. The van der Waals surface area contributed by atoms with Crippen LogP contribution in [0.15, 0.2) is 47.8 Å². The fourth-order valence-corrected chi connectivity index (χ4v) is 2.83. The van der Waals surface area contributed by atoms with Gasteiger partial charge in [-0.1, -0.05) is 17.8 Å². The van der Waals surface area contributed by atoms with E-state index in [2.05, 4.69) is 20.2 Å². The Balaban J connectivity index is 1.49. The molecule has 0 aliphatic carbocycles. The second kappa shape index (κ2) is 5.69. The summed E-state index contributed by atoms with van der Waals surface area (Å²) >= 11 is 1.57. The number of nitrogens with zero attached hydrogens (tertiary/aromatic N) is 3. The Bertz CT molecular complexity index is 791. The zero-order valence-corrected chi connectivity index (χ0v) is 12.3. The molecule has 0 bridgehead atoms. The minimum absolute atomic E-state index is 0.264. The van der Waals surface area contributed by atoms with Crippen molar-refractivity contribution >= 4 is 11.8 Å². The number of fused-ring (bicyclic) bond motifs is 1. The summed E-state index contributed by atoms with van der Waals surface area (Å²) in [7, 11) is 0. The van der Waals surface area contributed by atoms with Gasteiger partial charge in [0.1, 0.15) is 0 Å². The van der Waals surface area contributed by atoms with Crippen LogP contribution in [0.1, 0.15) is 5.69 Å². The molecule has 2 aromatic heterocycles. The molecule has 0 atom stereocenters. The van der Waals surface area contributed by atoms with Crippen LogP contribution >= 0.6 is 11.8 Å². The molecular weight excluding hydrogens is 300 g/mol. The van der Waals surface area contributed by atoms with Crippen molar-refractivity contribution in [2.45, 2.75) is 10.9 Å². The van der Waals surface area contributed by atoms with E-state index in [0.717, 1.165) is 33.7 Å².